The van der Waals surface area contributed by atoms with Gasteiger partial charge in [-0.15, -0.1) is 10.2 Å². The number of ether oxygens (including phenoxy) is 2. The monoisotopic (exact) mass is 442 g/mol. The molecule has 1 aromatic carbocycles. The van der Waals surface area contributed by atoms with Crippen LogP contribution in [-0.4, -0.2) is 46.2 Å². The van der Waals surface area contributed by atoms with Gasteiger partial charge in [-0.05, 0) is 56.2 Å². The number of nitrogens with one attached hydrogen (secondary N) is 1. The van der Waals surface area contributed by atoms with E-state index in [0.717, 1.165) is 42.3 Å². The van der Waals surface area contributed by atoms with Crippen LogP contribution < -0.4 is 10.1 Å². The lowest BCUT2D eigenvalue weighted by Gasteiger charge is -2.15. The molecule has 3 aromatic rings. The van der Waals surface area contributed by atoms with Gasteiger partial charge in [0, 0.05) is 12.2 Å². The van der Waals surface area contributed by atoms with E-state index < -0.39 is 0 Å². The predicted octanol–water partition coefficient (Wildman–Crippen LogP) is 3.70. The van der Waals surface area contributed by atoms with Crippen LogP contribution in [0.2, 0.25) is 0 Å². The molecule has 0 spiro atoms. The van der Waals surface area contributed by atoms with Crippen LogP contribution in [0.3, 0.4) is 0 Å². The molecule has 2 aromatic heterocycles. The van der Waals surface area contributed by atoms with E-state index in [1.807, 2.05) is 41.8 Å². The summed E-state index contributed by atoms with van der Waals surface area (Å²) >= 11 is 1.37. The molecule has 164 valence electrons. The average Bonchev–Trinajstić information content (AvgIpc) is 3.55. The third kappa shape index (κ3) is 5.29. The molecule has 0 unspecified atom stereocenters. The highest BCUT2D eigenvalue weighted by Gasteiger charge is 2.22. The summed E-state index contributed by atoms with van der Waals surface area (Å²) in [4.78, 5) is 12.5. The second kappa shape index (κ2) is 10.0. The summed E-state index contributed by atoms with van der Waals surface area (Å²) in [6, 6.07) is 11.2. The van der Waals surface area contributed by atoms with Crippen LogP contribution >= 0.6 is 11.8 Å². The minimum Gasteiger partial charge on any atom is -0.497 e. The van der Waals surface area contributed by atoms with E-state index in [4.69, 9.17) is 13.9 Å². The van der Waals surface area contributed by atoms with Gasteiger partial charge in [0.25, 0.3) is 0 Å². The highest BCUT2D eigenvalue weighted by Crippen LogP contribution is 2.28. The minimum absolute atomic E-state index is 0.0911. The number of nitrogens with zero attached hydrogens (tertiary/aromatic N) is 3. The maximum atomic E-state index is 12.5. The van der Waals surface area contributed by atoms with Gasteiger partial charge in [-0.3, -0.25) is 9.36 Å². The van der Waals surface area contributed by atoms with E-state index in [0.29, 0.717) is 11.7 Å². The lowest BCUT2D eigenvalue weighted by molar-refractivity contribution is -0.119. The molecule has 3 heterocycles. The van der Waals surface area contributed by atoms with Crippen LogP contribution in [0.1, 0.15) is 31.6 Å². The van der Waals surface area contributed by atoms with Crippen molar-refractivity contribution in [3.05, 3.63) is 48.4 Å². The number of aromatic nitrogens is 3. The van der Waals surface area contributed by atoms with Crippen molar-refractivity contribution in [2.24, 2.45) is 0 Å². The summed E-state index contributed by atoms with van der Waals surface area (Å²) in [6.45, 7) is 3.32. The number of thioether (sulfide) groups is 1. The minimum atomic E-state index is -0.192. The molecule has 31 heavy (non-hydrogen) atoms. The normalized spacial score (nSPS) is 16.9. The Hall–Kier alpha value is -2.78. The SMILES string of the molecule is COc1ccc(-c2nnc(SCC(=O)N[C@H](C)c3ccco3)n2C[C@@H]2CCCO2)cc1. The van der Waals surface area contributed by atoms with E-state index >= 15 is 0 Å². The predicted molar refractivity (Wildman–Crippen MR) is 117 cm³/mol. The van der Waals surface area contributed by atoms with Gasteiger partial charge in [-0.2, -0.15) is 0 Å². The number of methoxy groups -OCH3 is 1. The molecule has 1 N–H and O–H groups in total. The Bertz CT molecular complexity index is 982. The van der Waals surface area contributed by atoms with Gasteiger partial charge < -0.3 is 19.2 Å². The number of furan rings is 1. The molecule has 1 saturated heterocycles. The largest absolute Gasteiger partial charge is 0.497 e. The Morgan fingerprint density at radius 3 is 2.84 bits per heavy atom. The summed E-state index contributed by atoms with van der Waals surface area (Å²) in [5.74, 6) is 2.40. The summed E-state index contributed by atoms with van der Waals surface area (Å²) in [6.07, 6.45) is 3.78. The molecule has 0 radical (unpaired) electrons. The van der Waals surface area contributed by atoms with Crippen molar-refractivity contribution in [3.63, 3.8) is 0 Å². The second-order valence-corrected chi connectivity index (χ2v) is 8.32. The van der Waals surface area contributed by atoms with Crippen molar-refractivity contribution in [1.29, 1.82) is 0 Å². The molecule has 1 aliphatic heterocycles. The van der Waals surface area contributed by atoms with Gasteiger partial charge in [0.15, 0.2) is 11.0 Å². The maximum absolute atomic E-state index is 12.5. The van der Waals surface area contributed by atoms with Crippen LogP contribution in [-0.2, 0) is 16.1 Å². The van der Waals surface area contributed by atoms with Crippen molar-refractivity contribution < 1.29 is 18.7 Å². The molecule has 1 fully saturated rings. The van der Waals surface area contributed by atoms with Crippen molar-refractivity contribution >= 4 is 17.7 Å². The standard InChI is InChI=1S/C22H26N4O4S/c1-15(19-6-4-12-30-19)23-20(27)14-31-22-25-24-21(16-7-9-17(28-2)10-8-16)26(22)13-18-5-3-11-29-18/h4,6-10,12,15,18H,3,5,11,13-14H2,1-2H3,(H,23,27)/t15-,18+/m1/s1. The van der Waals surface area contributed by atoms with Crippen LogP contribution in [0.15, 0.2) is 52.2 Å². The Balaban J connectivity index is 1.48. The molecule has 2 atom stereocenters. The zero-order valence-corrected chi connectivity index (χ0v) is 18.4. The molecule has 9 heteroatoms. The fraction of sp³-hybridized carbons (Fsp3) is 0.409. The molecule has 0 saturated carbocycles. The molecule has 1 aliphatic rings. The first kappa shape index (κ1) is 21.5. The van der Waals surface area contributed by atoms with Crippen molar-refractivity contribution in [1.82, 2.24) is 20.1 Å². The summed E-state index contributed by atoms with van der Waals surface area (Å²) < 4.78 is 18.5. The lowest BCUT2D eigenvalue weighted by atomic mass is 10.2. The summed E-state index contributed by atoms with van der Waals surface area (Å²) in [7, 11) is 1.64. The third-order valence-corrected chi connectivity index (χ3v) is 6.12. The Morgan fingerprint density at radius 2 is 2.16 bits per heavy atom. The first-order valence-electron chi connectivity index (χ1n) is 10.3. The summed E-state index contributed by atoms with van der Waals surface area (Å²) in [5, 5.41) is 12.4. The van der Waals surface area contributed by atoms with E-state index in [1.165, 1.54) is 11.8 Å². The molecule has 0 aliphatic carbocycles. The zero-order chi connectivity index (χ0) is 21.6. The fourth-order valence-electron chi connectivity index (χ4n) is 3.53. The van der Waals surface area contributed by atoms with Crippen molar-refractivity contribution in [3.8, 4) is 17.1 Å². The van der Waals surface area contributed by atoms with E-state index in [-0.39, 0.29) is 23.8 Å². The zero-order valence-electron chi connectivity index (χ0n) is 17.6. The van der Waals surface area contributed by atoms with Crippen LogP contribution in [0.5, 0.6) is 5.75 Å². The van der Waals surface area contributed by atoms with Gasteiger partial charge in [-0.25, -0.2) is 0 Å². The van der Waals surface area contributed by atoms with E-state index in [2.05, 4.69) is 15.5 Å². The first-order chi connectivity index (χ1) is 15.1. The molecule has 1 amide bonds. The van der Waals surface area contributed by atoms with Gasteiger partial charge >= 0.3 is 0 Å². The molecule has 0 bridgehead atoms. The smallest absolute Gasteiger partial charge is 0.231 e. The van der Waals surface area contributed by atoms with Gasteiger partial charge in [-0.1, -0.05) is 11.8 Å². The quantitative estimate of drug-likeness (QED) is 0.505. The Labute approximate surface area is 185 Å². The van der Waals surface area contributed by atoms with Gasteiger partial charge in [0.05, 0.1) is 37.8 Å². The fourth-order valence-corrected chi connectivity index (χ4v) is 4.29. The number of rotatable bonds is 9. The molecular weight excluding hydrogens is 416 g/mol. The molecule has 8 nitrogen and oxygen atoms in total. The molecule has 4 rings (SSSR count). The first-order valence-corrected chi connectivity index (χ1v) is 11.3. The topological polar surface area (TPSA) is 91.4 Å². The van der Waals surface area contributed by atoms with Crippen molar-refractivity contribution in [2.45, 2.75) is 43.6 Å². The average molecular weight is 443 g/mol. The summed E-state index contributed by atoms with van der Waals surface area (Å²) in [5.41, 5.74) is 0.939. The lowest BCUT2D eigenvalue weighted by Crippen LogP contribution is -2.28. The number of carbonyl (C=O) groups excluding carboxylic acids is 1. The van der Waals surface area contributed by atoms with Crippen molar-refractivity contribution in [2.75, 3.05) is 19.5 Å². The van der Waals surface area contributed by atoms with Gasteiger partial charge in [0.1, 0.15) is 11.5 Å². The highest BCUT2D eigenvalue weighted by atomic mass is 32.2. The number of hydrogen-bond acceptors (Lipinski definition) is 7. The number of carbonyl (C=O) groups is 1. The number of benzene rings is 1. The molecular formula is C22H26N4O4S. The van der Waals surface area contributed by atoms with Gasteiger partial charge in [0.2, 0.25) is 5.91 Å². The second-order valence-electron chi connectivity index (χ2n) is 7.37. The van der Waals surface area contributed by atoms with E-state index in [9.17, 15) is 4.79 Å². The highest BCUT2D eigenvalue weighted by molar-refractivity contribution is 7.99. The van der Waals surface area contributed by atoms with Crippen LogP contribution in [0.4, 0.5) is 0 Å². The van der Waals surface area contributed by atoms with Crippen LogP contribution in [0, 0.1) is 0 Å². The Kier molecular flexibility index (Phi) is 6.93. The Morgan fingerprint density at radius 1 is 1.32 bits per heavy atom. The number of amides is 1. The van der Waals surface area contributed by atoms with E-state index in [1.54, 1.807) is 19.4 Å². The number of hydrogen-bond donors (Lipinski definition) is 1. The third-order valence-electron chi connectivity index (χ3n) is 5.16. The maximum Gasteiger partial charge on any atom is 0.231 e. The van der Waals surface area contributed by atoms with Crippen LogP contribution in [0.25, 0.3) is 11.4 Å².